The van der Waals surface area contributed by atoms with Crippen LogP contribution in [0, 0.1) is 5.92 Å². The fraction of sp³-hybridized carbons (Fsp3) is 0.120. The number of nitrogens with zero attached hydrogens (tertiary/aromatic N) is 1. The number of carbonyl (C=O) groups excluding carboxylic acids is 3. The fourth-order valence-corrected chi connectivity index (χ4v) is 3.90. The number of carboxylic acid groups (broad SMARTS) is 1. The zero-order valence-electron chi connectivity index (χ0n) is 17.1. The highest BCUT2D eigenvalue weighted by atomic mass is 16.5. The number of carboxylic acids is 1. The number of amides is 1. The lowest BCUT2D eigenvalue weighted by atomic mass is 9.86. The van der Waals surface area contributed by atoms with E-state index in [2.05, 4.69) is 0 Å². The smallest absolute Gasteiger partial charge is 0.335 e. The van der Waals surface area contributed by atoms with E-state index < -0.39 is 35.4 Å². The molecule has 3 aromatic rings. The maximum absolute atomic E-state index is 13.3. The number of aromatic carboxylic acids is 1. The van der Waals surface area contributed by atoms with Gasteiger partial charge in [-0.1, -0.05) is 42.5 Å². The Labute approximate surface area is 183 Å². The van der Waals surface area contributed by atoms with E-state index in [1.807, 2.05) is 0 Å². The molecule has 4 rings (SSSR count). The molecule has 0 bridgehead atoms. The molecule has 0 spiro atoms. The van der Waals surface area contributed by atoms with Gasteiger partial charge < -0.3 is 9.84 Å². The van der Waals surface area contributed by atoms with Crippen LogP contribution in [0.15, 0.2) is 78.9 Å². The molecule has 1 aliphatic rings. The quantitative estimate of drug-likeness (QED) is 0.365. The molecule has 1 N–H and O–H groups in total. The second-order valence-electron chi connectivity index (χ2n) is 7.32. The van der Waals surface area contributed by atoms with Gasteiger partial charge in [0.25, 0.3) is 5.91 Å². The summed E-state index contributed by atoms with van der Waals surface area (Å²) in [5.41, 5.74) is 1.30. The molecule has 7 heteroatoms. The largest absolute Gasteiger partial charge is 0.497 e. The van der Waals surface area contributed by atoms with Crippen molar-refractivity contribution in [2.45, 2.75) is 6.04 Å². The molecule has 0 aromatic heterocycles. The summed E-state index contributed by atoms with van der Waals surface area (Å²) in [5, 5.41) is 9.16. The molecule has 160 valence electrons. The number of anilines is 1. The van der Waals surface area contributed by atoms with Crippen molar-refractivity contribution in [1.29, 1.82) is 0 Å². The summed E-state index contributed by atoms with van der Waals surface area (Å²) in [6.07, 6.45) is 0. The molecule has 1 heterocycles. The first-order chi connectivity index (χ1) is 15.4. The van der Waals surface area contributed by atoms with Gasteiger partial charge in [-0.15, -0.1) is 0 Å². The average molecular weight is 429 g/mol. The molecule has 7 nitrogen and oxygen atoms in total. The van der Waals surface area contributed by atoms with E-state index in [0.717, 1.165) is 0 Å². The summed E-state index contributed by atoms with van der Waals surface area (Å²) in [6, 6.07) is 19.9. The lowest BCUT2D eigenvalue weighted by Crippen LogP contribution is -2.30. The Kier molecular flexibility index (Phi) is 5.55. The van der Waals surface area contributed by atoms with Crippen molar-refractivity contribution in [3.05, 3.63) is 95.6 Å². The van der Waals surface area contributed by atoms with E-state index in [1.165, 1.54) is 36.3 Å². The van der Waals surface area contributed by atoms with Crippen LogP contribution in [0.25, 0.3) is 0 Å². The van der Waals surface area contributed by atoms with Gasteiger partial charge in [0.1, 0.15) is 11.7 Å². The number of carbonyl (C=O) groups is 4. The summed E-state index contributed by atoms with van der Waals surface area (Å²) < 4.78 is 5.19. The molecule has 3 aromatic carbocycles. The van der Waals surface area contributed by atoms with Gasteiger partial charge in [0, 0.05) is 11.3 Å². The van der Waals surface area contributed by atoms with Gasteiger partial charge in [-0.2, -0.15) is 0 Å². The molecule has 1 saturated heterocycles. The number of hydrogen-bond acceptors (Lipinski definition) is 5. The van der Waals surface area contributed by atoms with Crippen molar-refractivity contribution in [2.75, 3.05) is 12.0 Å². The first kappa shape index (κ1) is 21.0. The normalized spacial score (nSPS) is 18.0. The monoisotopic (exact) mass is 429 g/mol. The van der Waals surface area contributed by atoms with Crippen LogP contribution in [0.4, 0.5) is 5.69 Å². The lowest BCUT2D eigenvalue weighted by Gasteiger charge is -2.27. The Balaban J connectivity index is 1.83. The van der Waals surface area contributed by atoms with E-state index in [4.69, 9.17) is 9.84 Å². The zero-order valence-corrected chi connectivity index (χ0v) is 17.1. The standard InChI is InChI=1S/C25H19NO6/c1-32-19-13-9-15(10-14-19)21-20(22(27)16-5-3-2-4-6-16)23(28)24(29)26(21)18-11-7-17(8-12-18)25(30)31/h2-14,20-21H,1H3,(H,30,31). The lowest BCUT2D eigenvalue weighted by molar-refractivity contribution is -0.135. The molecule has 1 amide bonds. The molecule has 32 heavy (non-hydrogen) atoms. The topological polar surface area (TPSA) is 101 Å². The predicted molar refractivity (Wildman–Crippen MR) is 116 cm³/mol. The number of Topliss-reactive ketones (excluding diaryl/α,β-unsaturated/α-hetero) is 2. The van der Waals surface area contributed by atoms with Crippen LogP contribution >= 0.6 is 0 Å². The summed E-state index contributed by atoms with van der Waals surface area (Å²) >= 11 is 0. The fourth-order valence-electron chi connectivity index (χ4n) is 3.90. The minimum Gasteiger partial charge on any atom is -0.497 e. The van der Waals surface area contributed by atoms with Gasteiger partial charge in [-0.25, -0.2) is 4.79 Å². The maximum Gasteiger partial charge on any atom is 0.335 e. The Morgan fingerprint density at radius 3 is 2.03 bits per heavy atom. The SMILES string of the molecule is COc1ccc(C2C(C(=O)c3ccccc3)C(=O)C(=O)N2c2ccc(C(=O)O)cc2)cc1. The molecule has 1 aliphatic heterocycles. The Morgan fingerprint density at radius 1 is 0.844 bits per heavy atom. The van der Waals surface area contributed by atoms with Crippen molar-refractivity contribution < 1.29 is 29.0 Å². The number of ketones is 2. The molecule has 2 unspecified atom stereocenters. The molecular weight excluding hydrogens is 410 g/mol. The van der Waals surface area contributed by atoms with Gasteiger partial charge >= 0.3 is 5.97 Å². The van der Waals surface area contributed by atoms with Crippen LogP contribution in [0.1, 0.15) is 32.3 Å². The molecule has 1 fully saturated rings. The summed E-state index contributed by atoms with van der Waals surface area (Å²) in [7, 11) is 1.52. The maximum atomic E-state index is 13.3. The van der Waals surface area contributed by atoms with Crippen LogP contribution in [-0.4, -0.2) is 35.7 Å². The van der Waals surface area contributed by atoms with Crippen molar-refractivity contribution in [1.82, 2.24) is 0 Å². The van der Waals surface area contributed by atoms with E-state index in [9.17, 15) is 19.2 Å². The van der Waals surface area contributed by atoms with Gasteiger partial charge in [0.2, 0.25) is 5.78 Å². The Hall–Kier alpha value is -4.26. The number of ether oxygens (including phenoxy) is 1. The second-order valence-corrected chi connectivity index (χ2v) is 7.32. The van der Waals surface area contributed by atoms with Crippen molar-refractivity contribution in [2.24, 2.45) is 5.92 Å². The van der Waals surface area contributed by atoms with Crippen molar-refractivity contribution in [3.8, 4) is 5.75 Å². The zero-order chi connectivity index (χ0) is 22.8. The first-order valence-electron chi connectivity index (χ1n) is 9.86. The molecule has 2 atom stereocenters. The van der Waals surface area contributed by atoms with E-state index in [0.29, 0.717) is 22.6 Å². The number of methoxy groups -OCH3 is 1. The first-order valence-corrected chi connectivity index (χ1v) is 9.86. The third-order valence-corrected chi connectivity index (χ3v) is 5.50. The highest BCUT2D eigenvalue weighted by molar-refractivity contribution is 6.49. The van der Waals surface area contributed by atoms with Crippen LogP contribution in [0.5, 0.6) is 5.75 Å². The Morgan fingerprint density at radius 2 is 1.47 bits per heavy atom. The van der Waals surface area contributed by atoms with Crippen molar-refractivity contribution in [3.63, 3.8) is 0 Å². The van der Waals surface area contributed by atoms with Gasteiger partial charge in [-0.05, 0) is 42.0 Å². The number of benzene rings is 3. The van der Waals surface area contributed by atoms with Crippen LogP contribution < -0.4 is 9.64 Å². The van der Waals surface area contributed by atoms with Crippen molar-refractivity contribution >= 4 is 29.1 Å². The van der Waals surface area contributed by atoms with E-state index >= 15 is 0 Å². The average Bonchev–Trinajstić information content (AvgIpc) is 3.09. The highest BCUT2D eigenvalue weighted by Gasteiger charge is 2.52. The summed E-state index contributed by atoms with van der Waals surface area (Å²) in [5.74, 6) is -3.83. The second kappa shape index (κ2) is 8.47. The van der Waals surface area contributed by atoms with Crippen LogP contribution in [-0.2, 0) is 9.59 Å². The van der Waals surface area contributed by atoms with Gasteiger partial charge in [0.05, 0.1) is 18.7 Å². The minimum absolute atomic E-state index is 0.0460. The minimum atomic E-state index is -1.24. The Bertz CT molecular complexity index is 1190. The number of rotatable bonds is 6. The highest BCUT2D eigenvalue weighted by Crippen LogP contribution is 2.41. The van der Waals surface area contributed by atoms with Crippen LogP contribution in [0.2, 0.25) is 0 Å². The molecule has 0 saturated carbocycles. The number of hydrogen-bond donors (Lipinski definition) is 1. The summed E-state index contributed by atoms with van der Waals surface area (Å²) in [4.78, 5) is 51.9. The van der Waals surface area contributed by atoms with Crippen LogP contribution in [0.3, 0.4) is 0 Å². The molecule has 0 aliphatic carbocycles. The molecule has 0 radical (unpaired) electrons. The van der Waals surface area contributed by atoms with Gasteiger partial charge in [-0.3, -0.25) is 19.3 Å². The van der Waals surface area contributed by atoms with E-state index in [1.54, 1.807) is 54.6 Å². The van der Waals surface area contributed by atoms with Gasteiger partial charge in [0.15, 0.2) is 5.78 Å². The predicted octanol–water partition coefficient (Wildman–Crippen LogP) is 3.55. The van der Waals surface area contributed by atoms with E-state index in [-0.39, 0.29) is 5.56 Å². The third kappa shape index (κ3) is 3.65. The third-order valence-electron chi connectivity index (χ3n) is 5.50. The molecular formula is C25H19NO6. The summed E-state index contributed by atoms with van der Waals surface area (Å²) in [6.45, 7) is 0.